The number of aryl methyl sites for hydroxylation is 2. The van der Waals surface area contributed by atoms with E-state index in [1.807, 2.05) is 28.8 Å². The number of methoxy groups -OCH3 is 1. The lowest BCUT2D eigenvalue weighted by molar-refractivity contribution is -0.121. The number of rotatable bonds is 7. The Morgan fingerprint density at radius 2 is 2.25 bits per heavy atom. The highest BCUT2D eigenvalue weighted by atomic mass is 32.1. The number of amides is 1. The van der Waals surface area contributed by atoms with Crippen LogP contribution in [0.15, 0.2) is 22.3 Å². The fourth-order valence-electron chi connectivity index (χ4n) is 2.75. The summed E-state index contributed by atoms with van der Waals surface area (Å²) in [4.78, 5) is 24.3. The lowest BCUT2D eigenvalue weighted by atomic mass is 10.3. The van der Waals surface area contributed by atoms with Gasteiger partial charge in [0.05, 0.1) is 16.8 Å². The molecule has 7 nitrogen and oxygen atoms in total. The van der Waals surface area contributed by atoms with Crippen LogP contribution >= 0.6 is 11.3 Å². The zero-order valence-corrected chi connectivity index (χ0v) is 14.6. The Kier molecular flexibility index (Phi) is 4.96. The van der Waals surface area contributed by atoms with E-state index in [0.29, 0.717) is 38.1 Å². The van der Waals surface area contributed by atoms with Crippen LogP contribution < -0.4 is 10.9 Å². The van der Waals surface area contributed by atoms with Crippen molar-refractivity contribution in [3.05, 3.63) is 33.7 Å². The first-order valence-corrected chi connectivity index (χ1v) is 8.72. The molecule has 0 fully saturated rings. The summed E-state index contributed by atoms with van der Waals surface area (Å²) in [5, 5.41) is 9.16. The second-order valence-corrected chi connectivity index (χ2v) is 6.50. The van der Waals surface area contributed by atoms with E-state index >= 15 is 0 Å². The molecule has 0 saturated carbocycles. The van der Waals surface area contributed by atoms with Gasteiger partial charge < -0.3 is 10.1 Å². The summed E-state index contributed by atoms with van der Waals surface area (Å²) in [6.45, 7) is 3.30. The monoisotopic (exact) mass is 348 g/mol. The Labute approximate surface area is 142 Å². The van der Waals surface area contributed by atoms with E-state index in [1.165, 1.54) is 4.68 Å². The summed E-state index contributed by atoms with van der Waals surface area (Å²) in [5.74, 6) is 0.726. The van der Waals surface area contributed by atoms with Crippen molar-refractivity contribution in [1.82, 2.24) is 19.5 Å². The highest BCUT2D eigenvalue weighted by Gasteiger charge is 2.13. The molecular weight excluding hydrogens is 328 g/mol. The maximum absolute atomic E-state index is 12.6. The summed E-state index contributed by atoms with van der Waals surface area (Å²) >= 11 is 1.61. The molecule has 128 valence electrons. The lowest BCUT2D eigenvalue weighted by Crippen LogP contribution is -2.29. The minimum atomic E-state index is -0.121. The van der Waals surface area contributed by atoms with Crippen LogP contribution in [0.3, 0.4) is 0 Å². The second-order valence-electron chi connectivity index (χ2n) is 5.56. The van der Waals surface area contributed by atoms with Crippen LogP contribution in [-0.4, -0.2) is 40.3 Å². The quantitative estimate of drug-likeness (QED) is 0.658. The Morgan fingerprint density at radius 3 is 3.04 bits per heavy atom. The molecule has 24 heavy (non-hydrogen) atoms. The Bertz CT molecular complexity index is 925. The van der Waals surface area contributed by atoms with Gasteiger partial charge in [-0.2, -0.15) is 5.10 Å². The van der Waals surface area contributed by atoms with Crippen molar-refractivity contribution >= 4 is 33.0 Å². The number of aromatic nitrogens is 3. The van der Waals surface area contributed by atoms with Gasteiger partial charge in [0.15, 0.2) is 0 Å². The zero-order valence-electron chi connectivity index (χ0n) is 13.7. The maximum Gasteiger partial charge on any atom is 0.291 e. The van der Waals surface area contributed by atoms with Gasteiger partial charge in [-0.15, -0.1) is 11.3 Å². The number of thiophene rings is 1. The Balaban J connectivity index is 1.72. The van der Waals surface area contributed by atoms with E-state index in [9.17, 15) is 9.59 Å². The molecule has 8 heteroatoms. The standard InChI is InChI=1S/C16H20N4O3S/c1-11-18-19(7-3-4-15(21)17-6-8-23-2)16(22)13-10-14-12(20(11)13)5-9-24-14/h5,9-10H,3-4,6-8H2,1-2H3,(H,17,21). The molecule has 0 spiro atoms. The van der Waals surface area contributed by atoms with Gasteiger partial charge >= 0.3 is 0 Å². The van der Waals surface area contributed by atoms with Gasteiger partial charge in [-0.1, -0.05) is 0 Å². The van der Waals surface area contributed by atoms with Crippen molar-refractivity contribution in [3.8, 4) is 0 Å². The summed E-state index contributed by atoms with van der Waals surface area (Å²) in [5.41, 5.74) is 1.53. The van der Waals surface area contributed by atoms with E-state index in [4.69, 9.17) is 4.74 Å². The van der Waals surface area contributed by atoms with Gasteiger partial charge in [-0.05, 0) is 30.9 Å². The number of nitrogens with one attached hydrogen (secondary N) is 1. The molecule has 0 aliphatic heterocycles. The highest BCUT2D eigenvalue weighted by Crippen LogP contribution is 2.24. The average Bonchev–Trinajstić information content (AvgIpc) is 3.13. The minimum absolute atomic E-state index is 0.0406. The van der Waals surface area contributed by atoms with E-state index in [0.717, 1.165) is 16.0 Å². The molecule has 0 aromatic carbocycles. The normalized spacial score (nSPS) is 11.4. The summed E-state index contributed by atoms with van der Waals surface area (Å²) in [6, 6.07) is 3.90. The minimum Gasteiger partial charge on any atom is -0.383 e. The van der Waals surface area contributed by atoms with Crippen molar-refractivity contribution in [2.45, 2.75) is 26.3 Å². The van der Waals surface area contributed by atoms with Crippen molar-refractivity contribution < 1.29 is 9.53 Å². The molecule has 0 bridgehead atoms. The molecule has 3 aromatic rings. The predicted octanol–water partition coefficient (Wildman–Crippen LogP) is 1.56. The number of carbonyl (C=O) groups excluding carboxylic acids is 1. The predicted molar refractivity (Wildman–Crippen MR) is 93.7 cm³/mol. The van der Waals surface area contributed by atoms with Crippen molar-refractivity contribution in [2.75, 3.05) is 20.3 Å². The first kappa shape index (κ1) is 16.7. The summed E-state index contributed by atoms with van der Waals surface area (Å²) in [6.07, 6.45) is 0.925. The molecule has 0 saturated heterocycles. The molecule has 0 aliphatic carbocycles. The smallest absolute Gasteiger partial charge is 0.291 e. The fraction of sp³-hybridized carbons (Fsp3) is 0.438. The van der Waals surface area contributed by atoms with E-state index in [1.54, 1.807) is 18.4 Å². The van der Waals surface area contributed by atoms with Crippen LogP contribution in [0.4, 0.5) is 0 Å². The number of hydrogen-bond donors (Lipinski definition) is 1. The van der Waals surface area contributed by atoms with Crippen LogP contribution in [0, 0.1) is 6.92 Å². The molecule has 0 radical (unpaired) electrons. The van der Waals surface area contributed by atoms with Crippen LogP contribution in [-0.2, 0) is 16.1 Å². The van der Waals surface area contributed by atoms with Gasteiger partial charge in [0, 0.05) is 26.6 Å². The highest BCUT2D eigenvalue weighted by molar-refractivity contribution is 7.17. The zero-order chi connectivity index (χ0) is 17.1. The molecule has 0 aliphatic rings. The number of fused-ring (bicyclic) bond motifs is 3. The molecule has 3 aromatic heterocycles. The van der Waals surface area contributed by atoms with Gasteiger partial charge in [-0.3, -0.25) is 14.0 Å². The van der Waals surface area contributed by atoms with Gasteiger partial charge in [0.2, 0.25) is 5.91 Å². The van der Waals surface area contributed by atoms with E-state index in [-0.39, 0.29) is 11.5 Å². The summed E-state index contributed by atoms with van der Waals surface area (Å²) in [7, 11) is 1.59. The van der Waals surface area contributed by atoms with Crippen LogP contribution in [0.5, 0.6) is 0 Å². The molecular formula is C16H20N4O3S. The lowest BCUT2D eigenvalue weighted by Gasteiger charge is -2.08. The van der Waals surface area contributed by atoms with Crippen LogP contribution in [0.1, 0.15) is 18.7 Å². The third-order valence-corrected chi connectivity index (χ3v) is 4.72. The SMILES string of the molecule is COCCNC(=O)CCCn1nc(C)n2c(cc3sccc32)c1=O. The van der Waals surface area contributed by atoms with E-state index < -0.39 is 0 Å². The average molecular weight is 348 g/mol. The van der Waals surface area contributed by atoms with Gasteiger partial charge in [-0.25, -0.2) is 4.68 Å². The van der Waals surface area contributed by atoms with E-state index in [2.05, 4.69) is 10.4 Å². The van der Waals surface area contributed by atoms with Gasteiger partial charge in [0.25, 0.3) is 5.56 Å². The molecule has 3 rings (SSSR count). The number of hydrogen-bond acceptors (Lipinski definition) is 5. The Morgan fingerprint density at radius 1 is 1.42 bits per heavy atom. The Hall–Kier alpha value is -2.19. The third kappa shape index (κ3) is 3.20. The molecule has 1 N–H and O–H groups in total. The van der Waals surface area contributed by atoms with Crippen LogP contribution in [0.25, 0.3) is 15.7 Å². The second kappa shape index (κ2) is 7.14. The topological polar surface area (TPSA) is 77.6 Å². The first-order valence-electron chi connectivity index (χ1n) is 7.84. The molecule has 0 atom stereocenters. The van der Waals surface area contributed by atoms with Crippen molar-refractivity contribution in [1.29, 1.82) is 0 Å². The van der Waals surface area contributed by atoms with Crippen LogP contribution in [0.2, 0.25) is 0 Å². The molecule has 1 amide bonds. The van der Waals surface area contributed by atoms with Gasteiger partial charge in [0.1, 0.15) is 11.3 Å². The maximum atomic E-state index is 12.6. The number of carbonyl (C=O) groups is 1. The van der Waals surface area contributed by atoms with Crippen molar-refractivity contribution in [3.63, 3.8) is 0 Å². The largest absolute Gasteiger partial charge is 0.383 e. The third-order valence-electron chi connectivity index (χ3n) is 3.87. The summed E-state index contributed by atoms with van der Waals surface area (Å²) < 4.78 is 9.30. The number of ether oxygens (including phenoxy) is 1. The van der Waals surface area contributed by atoms with Crippen molar-refractivity contribution in [2.24, 2.45) is 0 Å². The first-order chi connectivity index (χ1) is 11.6. The molecule has 3 heterocycles. The molecule has 0 unspecified atom stereocenters. The fourth-order valence-corrected chi connectivity index (χ4v) is 3.55. The number of nitrogens with zero attached hydrogens (tertiary/aromatic N) is 3.